The first kappa shape index (κ1) is 16.6. The second-order valence-electron chi connectivity index (χ2n) is 5.58. The largest absolute Gasteiger partial charge is 0.468 e. The van der Waals surface area contributed by atoms with E-state index in [1.54, 1.807) is 34.8 Å². The van der Waals surface area contributed by atoms with Crippen LogP contribution in [0, 0.1) is 0 Å². The van der Waals surface area contributed by atoms with Gasteiger partial charge in [-0.1, -0.05) is 12.1 Å². The lowest BCUT2D eigenvalue weighted by molar-refractivity contribution is -0.141. The summed E-state index contributed by atoms with van der Waals surface area (Å²) in [6, 6.07) is 10.9. The molecule has 0 atom stereocenters. The fraction of sp³-hybridized carbons (Fsp3) is 0.222. The monoisotopic (exact) mass is 338 g/mol. The number of benzene rings is 1. The third kappa shape index (κ3) is 3.50. The van der Waals surface area contributed by atoms with Crippen LogP contribution in [0.1, 0.15) is 16.2 Å². The Balaban J connectivity index is 1.91. The van der Waals surface area contributed by atoms with Crippen molar-refractivity contribution in [2.24, 2.45) is 0 Å². The van der Waals surface area contributed by atoms with Crippen molar-refractivity contribution in [3.8, 4) is 0 Å². The smallest absolute Gasteiger partial charge is 0.325 e. The van der Waals surface area contributed by atoms with Gasteiger partial charge in [0.2, 0.25) is 0 Å². The lowest BCUT2D eigenvalue weighted by Crippen LogP contribution is -2.28. The molecule has 1 aromatic carbocycles. The first-order valence-corrected chi connectivity index (χ1v) is 7.76. The van der Waals surface area contributed by atoms with Crippen molar-refractivity contribution in [1.29, 1.82) is 0 Å². The van der Waals surface area contributed by atoms with E-state index in [1.807, 2.05) is 24.3 Å². The molecule has 7 heteroatoms. The zero-order valence-electron chi connectivity index (χ0n) is 14.0. The molecule has 0 saturated heterocycles. The predicted octanol–water partition coefficient (Wildman–Crippen LogP) is 1.88. The first-order valence-electron chi connectivity index (χ1n) is 7.76. The average Bonchev–Trinajstić information content (AvgIpc) is 2.98. The van der Waals surface area contributed by atoms with Gasteiger partial charge < -0.3 is 14.2 Å². The summed E-state index contributed by atoms with van der Waals surface area (Å²) < 4.78 is 6.54. The van der Waals surface area contributed by atoms with E-state index in [9.17, 15) is 9.59 Å². The van der Waals surface area contributed by atoms with E-state index in [1.165, 1.54) is 13.3 Å². The van der Waals surface area contributed by atoms with Crippen LogP contribution in [-0.4, -0.2) is 45.5 Å². The van der Waals surface area contributed by atoms with Crippen LogP contribution >= 0.6 is 0 Å². The molecule has 3 aromatic rings. The number of carbonyl (C=O) groups excluding carboxylic acids is 2. The first-order chi connectivity index (χ1) is 12.1. The summed E-state index contributed by atoms with van der Waals surface area (Å²) in [5.74, 6) is 0.0850. The molecule has 3 rings (SSSR count). The van der Waals surface area contributed by atoms with Crippen LogP contribution in [-0.2, 0) is 22.6 Å². The number of hydrogen-bond acceptors (Lipinski definition) is 5. The lowest BCUT2D eigenvalue weighted by atomic mass is 10.2. The van der Waals surface area contributed by atoms with E-state index in [2.05, 4.69) is 9.97 Å². The van der Waals surface area contributed by atoms with E-state index >= 15 is 0 Å². The maximum Gasteiger partial charge on any atom is 0.325 e. The van der Waals surface area contributed by atoms with E-state index in [0.717, 1.165) is 11.0 Å². The number of rotatable bonds is 5. The van der Waals surface area contributed by atoms with Gasteiger partial charge in [0.05, 0.1) is 30.3 Å². The Morgan fingerprint density at radius 3 is 2.72 bits per heavy atom. The maximum atomic E-state index is 12.5. The molecule has 128 valence electrons. The van der Waals surface area contributed by atoms with Gasteiger partial charge in [-0.25, -0.2) is 4.98 Å². The van der Waals surface area contributed by atoms with Gasteiger partial charge in [0, 0.05) is 19.4 Å². The maximum absolute atomic E-state index is 12.5. The Bertz CT molecular complexity index is 905. The minimum atomic E-state index is -0.370. The SMILES string of the molecule is COC(=O)Cn1c(CN(C)C(=O)c2cccnc2)nc2ccccc21. The van der Waals surface area contributed by atoms with Crippen molar-refractivity contribution < 1.29 is 14.3 Å². The molecule has 0 fully saturated rings. The number of ether oxygens (including phenoxy) is 1. The summed E-state index contributed by atoms with van der Waals surface area (Å²) in [4.78, 5) is 34.3. The fourth-order valence-electron chi connectivity index (χ4n) is 2.61. The van der Waals surface area contributed by atoms with Crippen LogP contribution in [0.15, 0.2) is 48.8 Å². The Hall–Kier alpha value is -3.22. The molecule has 0 spiro atoms. The minimum Gasteiger partial charge on any atom is -0.468 e. The van der Waals surface area contributed by atoms with Gasteiger partial charge in [-0.05, 0) is 24.3 Å². The van der Waals surface area contributed by atoms with Gasteiger partial charge in [0.25, 0.3) is 5.91 Å². The topological polar surface area (TPSA) is 77.3 Å². The van der Waals surface area contributed by atoms with Gasteiger partial charge in [-0.3, -0.25) is 14.6 Å². The molecule has 0 bridgehead atoms. The highest BCUT2D eigenvalue weighted by Gasteiger charge is 2.18. The van der Waals surface area contributed by atoms with Crippen molar-refractivity contribution in [2.75, 3.05) is 14.2 Å². The number of hydrogen-bond donors (Lipinski definition) is 0. The van der Waals surface area contributed by atoms with Crippen molar-refractivity contribution in [1.82, 2.24) is 19.4 Å². The molecule has 1 amide bonds. The highest BCUT2D eigenvalue weighted by atomic mass is 16.5. The number of aromatic nitrogens is 3. The molecule has 0 aliphatic carbocycles. The van der Waals surface area contributed by atoms with Crippen LogP contribution in [0.2, 0.25) is 0 Å². The molecule has 0 saturated carbocycles. The van der Waals surface area contributed by atoms with Gasteiger partial charge in [-0.2, -0.15) is 0 Å². The Kier molecular flexibility index (Phi) is 4.74. The molecule has 0 unspecified atom stereocenters. The molecular weight excluding hydrogens is 320 g/mol. The van der Waals surface area contributed by atoms with E-state index in [0.29, 0.717) is 11.4 Å². The number of amides is 1. The standard InChI is InChI=1S/C18H18N4O3/c1-21(18(24)13-6-5-9-19-10-13)11-16-20-14-7-3-4-8-15(14)22(16)12-17(23)25-2/h3-10H,11-12H2,1-2H3. The lowest BCUT2D eigenvalue weighted by Gasteiger charge is -2.17. The summed E-state index contributed by atoms with van der Waals surface area (Å²) >= 11 is 0. The molecular formula is C18H18N4O3. The van der Waals surface area contributed by atoms with Gasteiger partial charge in [-0.15, -0.1) is 0 Å². The summed E-state index contributed by atoms with van der Waals surface area (Å²) in [5.41, 5.74) is 2.09. The number of imidazole rings is 1. The summed E-state index contributed by atoms with van der Waals surface area (Å²) in [7, 11) is 3.04. The normalized spacial score (nSPS) is 10.6. The molecule has 7 nitrogen and oxygen atoms in total. The zero-order chi connectivity index (χ0) is 17.8. The third-order valence-corrected chi connectivity index (χ3v) is 3.88. The van der Waals surface area contributed by atoms with Crippen molar-refractivity contribution in [3.63, 3.8) is 0 Å². The number of esters is 1. The van der Waals surface area contributed by atoms with Crippen LogP contribution in [0.4, 0.5) is 0 Å². The number of pyridine rings is 1. The zero-order valence-corrected chi connectivity index (χ0v) is 14.0. The summed E-state index contributed by atoms with van der Waals surface area (Å²) in [5, 5.41) is 0. The molecule has 25 heavy (non-hydrogen) atoms. The fourth-order valence-corrected chi connectivity index (χ4v) is 2.61. The quantitative estimate of drug-likeness (QED) is 0.664. The average molecular weight is 338 g/mol. The van der Waals surface area contributed by atoms with Gasteiger partial charge in [0.15, 0.2) is 0 Å². The second kappa shape index (κ2) is 7.12. The Morgan fingerprint density at radius 2 is 2.00 bits per heavy atom. The van der Waals surface area contributed by atoms with Gasteiger partial charge in [0.1, 0.15) is 12.4 Å². The van der Waals surface area contributed by atoms with Crippen molar-refractivity contribution >= 4 is 22.9 Å². The number of methoxy groups -OCH3 is 1. The number of nitrogens with zero attached hydrogens (tertiary/aromatic N) is 4. The summed E-state index contributed by atoms with van der Waals surface area (Å²) in [6.45, 7) is 0.306. The number of carbonyl (C=O) groups is 2. The molecule has 0 radical (unpaired) electrons. The molecule has 0 aliphatic rings. The molecule has 2 aromatic heterocycles. The number of fused-ring (bicyclic) bond motifs is 1. The van der Waals surface area contributed by atoms with E-state index in [-0.39, 0.29) is 25.0 Å². The highest BCUT2D eigenvalue weighted by Crippen LogP contribution is 2.18. The number of para-hydroxylation sites is 2. The summed E-state index contributed by atoms with van der Waals surface area (Å²) in [6.07, 6.45) is 3.14. The van der Waals surface area contributed by atoms with Gasteiger partial charge >= 0.3 is 5.97 Å². The van der Waals surface area contributed by atoms with E-state index in [4.69, 9.17) is 4.74 Å². The van der Waals surface area contributed by atoms with Crippen LogP contribution < -0.4 is 0 Å². The van der Waals surface area contributed by atoms with Crippen LogP contribution in [0.3, 0.4) is 0 Å². The highest BCUT2D eigenvalue weighted by molar-refractivity contribution is 5.93. The predicted molar refractivity (Wildman–Crippen MR) is 91.8 cm³/mol. The van der Waals surface area contributed by atoms with E-state index < -0.39 is 0 Å². The minimum absolute atomic E-state index is 0.0429. The Labute approximate surface area is 144 Å². The third-order valence-electron chi connectivity index (χ3n) is 3.88. The molecule has 0 aliphatic heterocycles. The Morgan fingerprint density at radius 1 is 1.20 bits per heavy atom. The van der Waals surface area contributed by atoms with Crippen molar-refractivity contribution in [2.45, 2.75) is 13.1 Å². The van der Waals surface area contributed by atoms with Crippen molar-refractivity contribution in [3.05, 3.63) is 60.2 Å². The molecule has 2 heterocycles. The second-order valence-corrected chi connectivity index (χ2v) is 5.58. The van der Waals surface area contributed by atoms with Crippen LogP contribution in [0.5, 0.6) is 0 Å². The van der Waals surface area contributed by atoms with Crippen LogP contribution in [0.25, 0.3) is 11.0 Å². The molecule has 0 N–H and O–H groups in total.